The van der Waals surface area contributed by atoms with E-state index in [1.807, 2.05) is 36.4 Å². The predicted octanol–water partition coefficient (Wildman–Crippen LogP) is 2.27. The number of methoxy groups -OCH3 is 1. The number of hydrogen-bond donors (Lipinski definition) is 1. The van der Waals surface area contributed by atoms with Crippen LogP contribution in [0.5, 0.6) is 11.5 Å². The van der Waals surface area contributed by atoms with E-state index in [-0.39, 0.29) is 12.3 Å². The minimum Gasteiger partial charge on any atom is -0.497 e. The van der Waals surface area contributed by atoms with Crippen LogP contribution >= 0.6 is 0 Å². The summed E-state index contributed by atoms with van der Waals surface area (Å²) in [4.78, 5) is 16.0. The van der Waals surface area contributed by atoms with Crippen LogP contribution in [-0.4, -0.2) is 41.3 Å². The van der Waals surface area contributed by atoms with Crippen LogP contribution in [0.2, 0.25) is 0 Å². The Balaban J connectivity index is 1.35. The van der Waals surface area contributed by atoms with Crippen LogP contribution in [0.3, 0.4) is 0 Å². The number of rotatable bonds is 9. The number of nitrogens with one attached hydrogen (secondary N) is 1. The van der Waals surface area contributed by atoms with Crippen molar-refractivity contribution in [1.29, 1.82) is 0 Å². The second kappa shape index (κ2) is 9.33. The number of amides is 1. The van der Waals surface area contributed by atoms with Crippen molar-refractivity contribution in [3.05, 3.63) is 54.6 Å². The molecule has 0 saturated heterocycles. The van der Waals surface area contributed by atoms with Crippen molar-refractivity contribution >= 4 is 5.91 Å². The highest BCUT2D eigenvalue weighted by Crippen LogP contribution is 2.17. The fourth-order valence-electron chi connectivity index (χ4n) is 2.29. The van der Waals surface area contributed by atoms with Gasteiger partial charge in [0.05, 0.1) is 13.7 Å². The molecule has 0 bridgehead atoms. The third kappa shape index (κ3) is 5.53. The van der Waals surface area contributed by atoms with E-state index in [9.17, 15) is 4.79 Å². The van der Waals surface area contributed by atoms with Gasteiger partial charge in [-0.15, -0.1) is 10.2 Å². The molecule has 8 nitrogen and oxygen atoms in total. The zero-order chi connectivity index (χ0) is 18.9. The first-order valence-electron chi connectivity index (χ1n) is 8.52. The van der Waals surface area contributed by atoms with E-state index in [0.717, 1.165) is 11.5 Å². The maximum atomic E-state index is 11.9. The van der Waals surface area contributed by atoms with Gasteiger partial charge >= 0.3 is 0 Å². The number of hydrogen-bond acceptors (Lipinski definition) is 7. The predicted molar refractivity (Wildman–Crippen MR) is 97.3 cm³/mol. The number of ether oxygens (including phenoxy) is 2. The Kier molecular flexibility index (Phi) is 6.35. The van der Waals surface area contributed by atoms with E-state index in [2.05, 4.69) is 20.5 Å². The van der Waals surface area contributed by atoms with Gasteiger partial charge in [-0.2, -0.15) is 0 Å². The summed E-state index contributed by atoms with van der Waals surface area (Å²) in [6, 6.07) is 12.7. The van der Waals surface area contributed by atoms with Crippen LogP contribution in [0, 0.1) is 0 Å². The molecule has 2 aromatic heterocycles. The number of nitrogens with zero attached hydrogens (tertiary/aromatic N) is 3. The van der Waals surface area contributed by atoms with Gasteiger partial charge in [0.1, 0.15) is 23.8 Å². The molecule has 0 unspecified atom stereocenters. The Morgan fingerprint density at radius 1 is 1.11 bits per heavy atom. The smallest absolute Gasteiger partial charge is 0.266 e. The Morgan fingerprint density at radius 2 is 1.93 bits per heavy atom. The van der Waals surface area contributed by atoms with E-state index >= 15 is 0 Å². The molecule has 1 amide bonds. The fourth-order valence-corrected chi connectivity index (χ4v) is 2.29. The fraction of sp³-hybridized carbons (Fsp3) is 0.263. The third-order valence-electron chi connectivity index (χ3n) is 3.67. The molecule has 3 rings (SSSR count). The highest BCUT2D eigenvalue weighted by atomic mass is 16.5. The highest BCUT2D eigenvalue weighted by molar-refractivity contribution is 5.75. The monoisotopic (exact) mass is 368 g/mol. The molecule has 0 aliphatic heterocycles. The van der Waals surface area contributed by atoms with Crippen LogP contribution in [0.4, 0.5) is 0 Å². The molecule has 0 spiro atoms. The molecule has 0 fully saturated rings. The first-order valence-corrected chi connectivity index (χ1v) is 8.52. The minimum absolute atomic E-state index is 0.106. The van der Waals surface area contributed by atoms with Gasteiger partial charge in [-0.3, -0.25) is 9.78 Å². The Labute approximate surface area is 156 Å². The average Bonchev–Trinajstić information content (AvgIpc) is 3.20. The number of benzene rings is 1. The molecule has 0 aliphatic carbocycles. The van der Waals surface area contributed by atoms with Gasteiger partial charge in [0, 0.05) is 19.0 Å². The zero-order valence-electron chi connectivity index (χ0n) is 14.9. The SMILES string of the molecule is COc1ccc(OCCNC(=O)CCc2nnc(-c3ccccn3)o2)cc1. The summed E-state index contributed by atoms with van der Waals surface area (Å²) in [6.07, 6.45) is 2.28. The van der Waals surface area contributed by atoms with Crippen molar-refractivity contribution < 1.29 is 18.7 Å². The Morgan fingerprint density at radius 3 is 2.67 bits per heavy atom. The summed E-state index contributed by atoms with van der Waals surface area (Å²) in [5.41, 5.74) is 0.608. The van der Waals surface area contributed by atoms with Crippen molar-refractivity contribution in [2.75, 3.05) is 20.3 Å². The van der Waals surface area contributed by atoms with E-state index in [0.29, 0.717) is 37.0 Å². The first kappa shape index (κ1) is 18.4. The number of carbonyl (C=O) groups is 1. The van der Waals surface area contributed by atoms with Gasteiger partial charge < -0.3 is 19.2 Å². The van der Waals surface area contributed by atoms with Crippen molar-refractivity contribution in [3.63, 3.8) is 0 Å². The summed E-state index contributed by atoms with van der Waals surface area (Å²) in [5.74, 6) is 2.13. The molecule has 3 aromatic rings. The van der Waals surface area contributed by atoms with Crippen molar-refractivity contribution in [3.8, 4) is 23.1 Å². The highest BCUT2D eigenvalue weighted by Gasteiger charge is 2.11. The van der Waals surface area contributed by atoms with Crippen LogP contribution in [-0.2, 0) is 11.2 Å². The summed E-state index contributed by atoms with van der Waals surface area (Å²) in [6.45, 7) is 0.788. The van der Waals surface area contributed by atoms with E-state index < -0.39 is 0 Å². The largest absolute Gasteiger partial charge is 0.497 e. The summed E-state index contributed by atoms with van der Waals surface area (Å²) >= 11 is 0. The second-order valence-electron chi connectivity index (χ2n) is 5.59. The van der Waals surface area contributed by atoms with Gasteiger partial charge in [-0.25, -0.2) is 0 Å². The third-order valence-corrected chi connectivity index (χ3v) is 3.67. The lowest BCUT2D eigenvalue weighted by Gasteiger charge is -2.08. The number of carbonyl (C=O) groups excluding carboxylic acids is 1. The topological polar surface area (TPSA) is 99.4 Å². The van der Waals surface area contributed by atoms with Gasteiger partial charge in [-0.05, 0) is 36.4 Å². The minimum atomic E-state index is -0.106. The van der Waals surface area contributed by atoms with E-state index in [1.54, 1.807) is 19.4 Å². The lowest BCUT2D eigenvalue weighted by atomic mass is 10.3. The molecule has 1 N–H and O–H groups in total. The quantitative estimate of drug-likeness (QED) is 0.578. The van der Waals surface area contributed by atoms with Crippen LogP contribution in [0.25, 0.3) is 11.6 Å². The molecular formula is C19H20N4O4. The maximum absolute atomic E-state index is 11.9. The lowest BCUT2D eigenvalue weighted by molar-refractivity contribution is -0.121. The van der Waals surface area contributed by atoms with Crippen molar-refractivity contribution in [2.24, 2.45) is 0 Å². The van der Waals surface area contributed by atoms with E-state index in [1.165, 1.54) is 0 Å². The normalized spacial score (nSPS) is 10.4. The molecule has 1 aromatic carbocycles. The molecule has 0 radical (unpaired) electrons. The molecule has 0 atom stereocenters. The molecule has 27 heavy (non-hydrogen) atoms. The van der Waals surface area contributed by atoms with Gasteiger partial charge in [0.25, 0.3) is 5.89 Å². The molecule has 0 saturated carbocycles. The van der Waals surface area contributed by atoms with Crippen LogP contribution in [0.15, 0.2) is 53.1 Å². The van der Waals surface area contributed by atoms with Crippen molar-refractivity contribution in [1.82, 2.24) is 20.5 Å². The van der Waals surface area contributed by atoms with Crippen LogP contribution in [0.1, 0.15) is 12.3 Å². The average molecular weight is 368 g/mol. The molecule has 2 heterocycles. The first-order chi connectivity index (χ1) is 13.2. The Bertz CT molecular complexity index is 850. The molecule has 0 aliphatic rings. The van der Waals surface area contributed by atoms with Crippen molar-refractivity contribution in [2.45, 2.75) is 12.8 Å². The molecule has 8 heteroatoms. The summed E-state index contributed by atoms with van der Waals surface area (Å²) < 4.78 is 16.2. The Hall–Kier alpha value is -3.42. The lowest BCUT2D eigenvalue weighted by Crippen LogP contribution is -2.28. The van der Waals surface area contributed by atoms with E-state index in [4.69, 9.17) is 13.9 Å². The standard InChI is InChI=1S/C19H20N4O4/c1-25-14-5-7-15(8-6-14)26-13-12-21-17(24)9-10-18-22-23-19(27-18)16-4-2-3-11-20-16/h2-8,11H,9-10,12-13H2,1H3,(H,21,24). The number of aromatic nitrogens is 3. The number of aryl methyl sites for hydroxylation is 1. The maximum Gasteiger partial charge on any atom is 0.266 e. The van der Waals surface area contributed by atoms with Gasteiger partial charge in [0.2, 0.25) is 11.8 Å². The van der Waals surface area contributed by atoms with Gasteiger partial charge in [0.15, 0.2) is 0 Å². The van der Waals surface area contributed by atoms with Crippen LogP contribution < -0.4 is 14.8 Å². The van der Waals surface area contributed by atoms with Gasteiger partial charge in [-0.1, -0.05) is 6.07 Å². The number of pyridine rings is 1. The zero-order valence-corrected chi connectivity index (χ0v) is 14.9. The molecule has 140 valence electrons. The summed E-state index contributed by atoms with van der Waals surface area (Å²) in [7, 11) is 1.61. The summed E-state index contributed by atoms with van der Waals surface area (Å²) in [5, 5.41) is 10.7. The molecular weight excluding hydrogens is 348 g/mol. The second-order valence-corrected chi connectivity index (χ2v) is 5.59.